The Labute approximate surface area is 154 Å². The molecule has 0 fully saturated rings. The number of hydrogen-bond donors (Lipinski definition) is 2. The highest BCUT2D eigenvalue weighted by Gasteiger charge is 2.15. The highest BCUT2D eigenvalue weighted by molar-refractivity contribution is 7.89. The van der Waals surface area contributed by atoms with Gasteiger partial charge in [-0.3, -0.25) is 4.98 Å². The monoisotopic (exact) mass is 391 g/mol. The third-order valence-electron chi connectivity index (χ3n) is 3.60. The summed E-state index contributed by atoms with van der Waals surface area (Å²) in [5, 5.41) is 3.79. The van der Waals surface area contributed by atoms with Crippen molar-refractivity contribution in [1.29, 1.82) is 0 Å². The van der Waals surface area contributed by atoms with E-state index in [0.29, 0.717) is 29.2 Å². The van der Waals surface area contributed by atoms with Crippen molar-refractivity contribution in [3.05, 3.63) is 52.5 Å². The smallest absolute Gasteiger partial charge is 0.417 e. The van der Waals surface area contributed by atoms with Gasteiger partial charge >= 0.3 is 5.76 Å². The molecule has 1 heterocycles. The van der Waals surface area contributed by atoms with E-state index in [0.717, 1.165) is 0 Å². The van der Waals surface area contributed by atoms with Gasteiger partial charge in [-0.25, -0.2) is 9.63 Å². The van der Waals surface area contributed by atoms with Crippen molar-refractivity contribution in [3.63, 3.8) is 0 Å². The number of hydrogen-bond acceptors (Lipinski definition) is 7. The van der Waals surface area contributed by atoms with Gasteiger partial charge in [-0.15, -0.1) is 0 Å². The number of nitrogens with zero attached hydrogens (tertiary/aromatic N) is 1. The number of H-pyrrole nitrogens is 1. The molecule has 27 heavy (non-hydrogen) atoms. The number of hydrazone groups is 1. The fourth-order valence-corrected chi connectivity index (χ4v) is 3.21. The SMILES string of the molecule is CCOc1c(/C=N/NS(=O)(=O)c2ccc3[nH]c(=O)oc3c2)cccc1OC. The number of ether oxygens (including phenoxy) is 2. The van der Waals surface area contributed by atoms with Gasteiger partial charge in [0, 0.05) is 11.6 Å². The number of aromatic amines is 1. The molecular weight excluding hydrogens is 374 g/mol. The molecule has 3 aromatic rings. The predicted octanol–water partition coefficient (Wildman–Crippen LogP) is 1.84. The van der Waals surface area contributed by atoms with Crippen molar-refractivity contribution < 1.29 is 22.3 Å². The van der Waals surface area contributed by atoms with Crippen LogP contribution in [0.1, 0.15) is 12.5 Å². The van der Waals surface area contributed by atoms with E-state index in [4.69, 9.17) is 13.9 Å². The lowest BCUT2D eigenvalue weighted by Crippen LogP contribution is -2.18. The summed E-state index contributed by atoms with van der Waals surface area (Å²) in [5.41, 5.74) is 1.09. The Morgan fingerprint density at radius 2 is 2.11 bits per heavy atom. The van der Waals surface area contributed by atoms with Gasteiger partial charge < -0.3 is 13.9 Å². The van der Waals surface area contributed by atoms with Crippen LogP contribution < -0.4 is 20.1 Å². The van der Waals surface area contributed by atoms with Gasteiger partial charge in [0.2, 0.25) is 0 Å². The molecule has 2 aromatic carbocycles. The largest absolute Gasteiger partial charge is 0.493 e. The minimum atomic E-state index is -3.95. The lowest BCUT2D eigenvalue weighted by atomic mass is 10.2. The van der Waals surface area contributed by atoms with Crippen LogP contribution in [0.3, 0.4) is 0 Å². The Bertz CT molecular complexity index is 1150. The first-order valence-corrected chi connectivity index (χ1v) is 9.40. The summed E-state index contributed by atoms with van der Waals surface area (Å²) in [5.74, 6) is 0.310. The number of sulfonamides is 1. The van der Waals surface area contributed by atoms with Gasteiger partial charge in [0.1, 0.15) is 0 Å². The molecule has 0 amide bonds. The van der Waals surface area contributed by atoms with E-state index in [9.17, 15) is 13.2 Å². The first kappa shape index (κ1) is 18.5. The van der Waals surface area contributed by atoms with Crippen LogP contribution in [0.5, 0.6) is 11.5 Å². The molecule has 0 saturated heterocycles. The number of benzene rings is 2. The number of aromatic nitrogens is 1. The molecule has 0 radical (unpaired) electrons. The van der Waals surface area contributed by atoms with Crippen LogP contribution in [-0.4, -0.2) is 33.3 Å². The van der Waals surface area contributed by atoms with E-state index < -0.39 is 15.8 Å². The molecule has 0 saturated carbocycles. The van der Waals surface area contributed by atoms with Crippen molar-refractivity contribution in [3.8, 4) is 11.5 Å². The zero-order valence-corrected chi connectivity index (χ0v) is 15.4. The topological polar surface area (TPSA) is 123 Å². The second-order valence-corrected chi connectivity index (χ2v) is 7.00. The Hall–Kier alpha value is -3.27. The average Bonchev–Trinajstić information content (AvgIpc) is 3.02. The summed E-state index contributed by atoms with van der Waals surface area (Å²) in [6.07, 6.45) is 1.32. The molecule has 0 unspecified atom stereocenters. The van der Waals surface area contributed by atoms with Crippen molar-refractivity contribution in [2.45, 2.75) is 11.8 Å². The molecule has 10 heteroatoms. The molecule has 0 spiro atoms. The van der Waals surface area contributed by atoms with Gasteiger partial charge in [0.15, 0.2) is 17.1 Å². The zero-order chi connectivity index (χ0) is 19.4. The second kappa shape index (κ2) is 7.54. The van der Waals surface area contributed by atoms with Crippen LogP contribution in [0.2, 0.25) is 0 Å². The van der Waals surface area contributed by atoms with Crippen LogP contribution in [0.15, 0.2) is 55.6 Å². The van der Waals surface area contributed by atoms with Gasteiger partial charge in [0.05, 0.1) is 30.3 Å². The highest BCUT2D eigenvalue weighted by atomic mass is 32.2. The number of methoxy groups -OCH3 is 1. The van der Waals surface area contributed by atoms with E-state index >= 15 is 0 Å². The van der Waals surface area contributed by atoms with Crippen molar-refractivity contribution >= 4 is 27.3 Å². The predicted molar refractivity (Wildman–Crippen MR) is 98.9 cm³/mol. The molecule has 0 aliphatic heterocycles. The van der Waals surface area contributed by atoms with Crippen molar-refractivity contribution in [2.24, 2.45) is 5.10 Å². The van der Waals surface area contributed by atoms with E-state index in [1.54, 1.807) is 18.2 Å². The maximum atomic E-state index is 12.4. The summed E-state index contributed by atoms with van der Waals surface area (Å²) >= 11 is 0. The van der Waals surface area contributed by atoms with Crippen LogP contribution in [-0.2, 0) is 10.0 Å². The average molecular weight is 391 g/mol. The number of nitrogens with one attached hydrogen (secondary N) is 2. The molecule has 142 valence electrons. The third-order valence-corrected chi connectivity index (χ3v) is 4.82. The van der Waals surface area contributed by atoms with Crippen LogP contribution in [0.4, 0.5) is 0 Å². The minimum absolute atomic E-state index is 0.0921. The Kier molecular flexibility index (Phi) is 5.17. The first-order valence-electron chi connectivity index (χ1n) is 7.92. The standard InChI is InChI=1S/C17H17N3O6S/c1-3-25-16-11(5-4-6-14(16)24-2)10-18-20-27(22,23)12-7-8-13-15(9-12)26-17(21)19-13/h4-10,20H,3H2,1-2H3,(H,19,21)/b18-10+. The van der Waals surface area contributed by atoms with Crippen LogP contribution in [0.25, 0.3) is 11.1 Å². The number of rotatable bonds is 7. The van der Waals surface area contributed by atoms with Gasteiger partial charge in [-0.1, -0.05) is 6.07 Å². The Morgan fingerprint density at radius 1 is 1.30 bits per heavy atom. The van der Waals surface area contributed by atoms with Crippen LogP contribution >= 0.6 is 0 Å². The number of fused-ring (bicyclic) bond motifs is 1. The van der Waals surface area contributed by atoms with Crippen molar-refractivity contribution in [2.75, 3.05) is 13.7 Å². The maximum absolute atomic E-state index is 12.4. The molecule has 9 nitrogen and oxygen atoms in total. The maximum Gasteiger partial charge on any atom is 0.417 e. The fourth-order valence-electron chi connectivity index (χ4n) is 2.40. The summed E-state index contributed by atoms with van der Waals surface area (Å²) < 4.78 is 40.4. The molecule has 2 N–H and O–H groups in total. The van der Waals surface area contributed by atoms with E-state index in [1.807, 2.05) is 6.92 Å². The van der Waals surface area contributed by atoms with Gasteiger partial charge in [0.25, 0.3) is 10.0 Å². The fraction of sp³-hybridized carbons (Fsp3) is 0.176. The lowest BCUT2D eigenvalue weighted by Gasteiger charge is -2.11. The number of oxazole rings is 1. The molecule has 0 aliphatic rings. The van der Waals surface area contributed by atoms with E-state index in [-0.39, 0.29) is 10.5 Å². The summed E-state index contributed by atoms with van der Waals surface area (Å²) in [6.45, 7) is 2.24. The minimum Gasteiger partial charge on any atom is -0.493 e. The molecule has 1 aromatic heterocycles. The van der Waals surface area contributed by atoms with E-state index in [1.165, 1.54) is 31.5 Å². The molecule has 0 atom stereocenters. The molecular formula is C17H17N3O6S. The van der Waals surface area contributed by atoms with Crippen LogP contribution in [0, 0.1) is 0 Å². The second-order valence-electron chi connectivity index (χ2n) is 5.34. The Morgan fingerprint density at radius 3 is 2.85 bits per heavy atom. The zero-order valence-electron chi connectivity index (χ0n) is 14.6. The lowest BCUT2D eigenvalue weighted by molar-refractivity contribution is 0.310. The molecule has 0 bridgehead atoms. The highest BCUT2D eigenvalue weighted by Crippen LogP contribution is 2.30. The first-order chi connectivity index (χ1) is 12.9. The third kappa shape index (κ3) is 3.95. The Balaban J connectivity index is 1.85. The number of para-hydroxylation sites is 1. The van der Waals surface area contributed by atoms with E-state index in [2.05, 4.69) is 14.9 Å². The summed E-state index contributed by atoms with van der Waals surface area (Å²) in [7, 11) is -2.44. The molecule has 3 rings (SSSR count). The molecule has 0 aliphatic carbocycles. The van der Waals surface area contributed by atoms with Crippen molar-refractivity contribution in [1.82, 2.24) is 9.82 Å². The normalized spacial score (nSPS) is 11.8. The quantitative estimate of drug-likeness (QED) is 0.468. The van der Waals surface area contributed by atoms with Gasteiger partial charge in [-0.2, -0.15) is 13.5 Å². The summed E-state index contributed by atoms with van der Waals surface area (Å²) in [6, 6.07) is 9.19. The summed E-state index contributed by atoms with van der Waals surface area (Å²) in [4.78, 5) is 15.6. The van der Waals surface area contributed by atoms with Gasteiger partial charge in [-0.05, 0) is 31.2 Å².